The second-order valence-electron chi connectivity index (χ2n) is 6.00. The Morgan fingerprint density at radius 1 is 1.21 bits per heavy atom. The first-order chi connectivity index (χ1) is 13.9. The zero-order valence-corrected chi connectivity index (χ0v) is 16.5. The summed E-state index contributed by atoms with van der Waals surface area (Å²) < 4.78 is 5.92. The second kappa shape index (κ2) is 8.66. The predicted molar refractivity (Wildman–Crippen MR) is 111 cm³/mol. The second-order valence-corrected chi connectivity index (χ2v) is 6.41. The number of rotatable bonds is 5. The standard InChI is InChI=1S/C20H19ClN4O4/c1-3-23-20(28)25-15-5-4-11(8-14(15)21)29-18-6-7-24-16-10-17(26)13(9-12(16)18)19(27)22-2/h4-10,26H,3H2,1-2H3,(H,22,27)(H2,23,25,28). The number of urea groups is 1. The summed E-state index contributed by atoms with van der Waals surface area (Å²) in [5.74, 6) is 0.257. The quantitative estimate of drug-likeness (QED) is 0.506. The van der Waals surface area contributed by atoms with Crippen LogP contribution >= 0.6 is 11.6 Å². The molecule has 3 rings (SSSR count). The van der Waals surface area contributed by atoms with E-state index in [1.165, 1.54) is 25.4 Å². The molecule has 29 heavy (non-hydrogen) atoms. The molecule has 0 fully saturated rings. The molecule has 4 N–H and O–H groups in total. The number of amides is 3. The number of benzene rings is 2. The van der Waals surface area contributed by atoms with E-state index in [9.17, 15) is 14.7 Å². The maximum Gasteiger partial charge on any atom is 0.319 e. The maximum absolute atomic E-state index is 12.0. The lowest BCUT2D eigenvalue weighted by molar-refractivity contribution is 0.0960. The van der Waals surface area contributed by atoms with Crippen LogP contribution in [0.25, 0.3) is 10.9 Å². The van der Waals surface area contributed by atoms with Gasteiger partial charge in [-0.3, -0.25) is 9.78 Å². The molecule has 0 aliphatic rings. The van der Waals surface area contributed by atoms with Gasteiger partial charge in [-0.1, -0.05) is 11.6 Å². The van der Waals surface area contributed by atoms with Crippen molar-refractivity contribution < 1.29 is 19.4 Å². The molecular formula is C20H19ClN4O4. The van der Waals surface area contributed by atoms with Gasteiger partial charge in [-0.05, 0) is 31.2 Å². The van der Waals surface area contributed by atoms with Gasteiger partial charge in [0.2, 0.25) is 0 Å². The molecule has 150 valence electrons. The third-order valence-electron chi connectivity index (χ3n) is 4.04. The predicted octanol–water partition coefficient (Wildman–Crippen LogP) is 3.89. The van der Waals surface area contributed by atoms with E-state index in [4.69, 9.17) is 16.3 Å². The molecule has 2 aromatic carbocycles. The van der Waals surface area contributed by atoms with Gasteiger partial charge in [0.05, 0.1) is 21.8 Å². The van der Waals surface area contributed by atoms with Crippen molar-refractivity contribution in [2.24, 2.45) is 0 Å². The van der Waals surface area contributed by atoms with Gasteiger partial charge in [-0.25, -0.2) is 4.79 Å². The number of carbonyl (C=O) groups excluding carboxylic acids is 2. The van der Waals surface area contributed by atoms with Gasteiger partial charge >= 0.3 is 6.03 Å². The maximum atomic E-state index is 12.0. The number of aromatic nitrogens is 1. The molecule has 8 nitrogen and oxygen atoms in total. The van der Waals surface area contributed by atoms with Gasteiger partial charge in [0.1, 0.15) is 17.2 Å². The van der Waals surface area contributed by atoms with E-state index in [1.54, 1.807) is 24.3 Å². The summed E-state index contributed by atoms with van der Waals surface area (Å²) in [7, 11) is 1.48. The van der Waals surface area contributed by atoms with Crippen LogP contribution < -0.4 is 20.7 Å². The molecule has 0 atom stereocenters. The Kier molecular flexibility index (Phi) is 6.04. The normalized spacial score (nSPS) is 10.4. The number of nitrogens with zero attached hydrogens (tertiary/aromatic N) is 1. The van der Waals surface area contributed by atoms with E-state index < -0.39 is 5.91 Å². The van der Waals surface area contributed by atoms with Crippen molar-refractivity contribution in [2.75, 3.05) is 18.9 Å². The molecule has 0 radical (unpaired) electrons. The number of aromatic hydroxyl groups is 1. The van der Waals surface area contributed by atoms with Crippen LogP contribution in [0, 0.1) is 0 Å². The lowest BCUT2D eigenvalue weighted by Gasteiger charge is -2.12. The van der Waals surface area contributed by atoms with Crippen molar-refractivity contribution in [2.45, 2.75) is 6.92 Å². The van der Waals surface area contributed by atoms with Crippen LogP contribution in [0.1, 0.15) is 17.3 Å². The number of anilines is 1. The molecule has 0 aliphatic carbocycles. The average Bonchev–Trinajstić information content (AvgIpc) is 2.69. The molecule has 0 unspecified atom stereocenters. The SMILES string of the molecule is CCNC(=O)Nc1ccc(Oc2ccnc3cc(O)c(C(=O)NC)cc23)cc1Cl. The molecule has 1 aromatic heterocycles. The van der Waals surface area contributed by atoms with Gasteiger partial charge < -0.3 is 25.8 Å². The first-order valence-electron chi connectivity index (χ1n) is 8.79. The lowest BCUT2D eigenvalue weighted by Crippen LogP contribution is -2.28. The number of hydrogen-bond donors (Lipinski definition) is 4. The monoisotopic (exact) mass is 414 g/mol. The number of fused-ring (bicyclic) bond motifs is 1. The number of ether oxygens (including phenoxy) is 1. The molecular weight excluding hydrogens is 396 g/mol. The number of pyridine rings is 1. The van der Waals surface area contributed by atoms with E-state index >= 15 is 0 Å². The van der Waals surface area contributed by atoms with Crippen LogP contribution in [0.5, 0.6) is 17.2 Å². The minimum Gasteiger partial charge on any atom is -0.507 e. The van der Waals surface area contributed by atoms with Crippen LogP contribution in [0.3, 0.4) is 0 Å². The molecule has 0 saturated carbocycles. The molecule has 0 spiro atoms. The van der Waals surface area contributed by atoms with Gasteiger partial charge in [0, 0.05) is 37.3 Å². The van der Waals surface area contributed by atoms with Crippen LogP contribution in [-0.2, 0) is 0 Å². The molecule has 0 aliphatic heterocycles. The first-order valence-corrected chi connectivity index (χ1v) is 9.16. The van der Waals surface area contributed by atoms with E-state index in [-0.39, 0.29) is 17.3 Å². The van der Waals surface area contributed by atoms with Gasteiger partial charge in [0.15, 0.2) is 0 Å². The third-order valence-corrected chi connectivity index (χ3v) is 4.36. The fourth-order valence-electron chi connectivity index (χ4n) is 2.68. The van der Waals surface area contributed by atoms with Crippen molar-refractivity contribution in [1.29, 1.82) is 0 Å². The average molecular weight is 415 g/mol. The Labute approximate surface area is 171 Å². The fraction of sp³-hybridized carbons (Fsp3) is 0.150. The highest BCUT2D eigenvalue weighted by molar-refractivity contribution is 6.33. The van der Waals surface area contributed by atoms with Gasteiger partial charge in [0.25, 0.3) is 5.91 Å². The zero-order chi connectivity index (χ0) is 21.0. The summed E-state index contributed by atoms with van der Waals surface area (Å²) in [5, 5.41) is 18.7. The summed E-state index contributed by atoms with van der Waals surface area (Å²) in [6.07, 6.45) is 1.53. The highest BCUT2D eigenvalue weighted by Crippen LogP contribution is 2.35. The van der Waals surface area contributed by atoms with E-state index in [1.807, 2.05) is 6.92 Å². The van der Waals surface area contributed by atoms with E-state index in [0.717, 1.165) is 0 Å². The van der Waals surface area contributed by atoms with Crippen molar-refractivity contribution in [1.82, 2.24) is 15.6 Å². The van der Waals surface area contributed by atoms with Crippen LogP contribution in [0.4, 0.5) is 10.5 Å². The molecule has 1 heterocycles. The Bertz CT molecular complexity index is 1090. The minimum absolute atomic E-state index is 0.109. The zero-order valence-electron chi connectivity index (χ0n) is 15.7. The largest absolute Gasteiger partial charge is 0.507 e. The van der Waals surface area contributed by atoms with Crippen molar-refractivity contribution in [3.05, 3.63) is 53.2 Å². The molecule has 0 saturated heterocycles. The van der Waals surface area contributed by atoms with Gasteiger partial charge in [-0.2, -0.15) is 0 Å². The van der Waals surface area contributed by atoms with Gasteiger partial charge in [-0.15, -0.1) is 0 Å². The minimum atomic E-state index is -0.428. The number of phenolic OH excluding ortho intramolecular Hbond substituents is 1. The number of carbonyl (C=O) groups is 2. The summed E-state index contributed by atoms with van der Waals surface area (Å²) in [6, 6.07) is 9.04. The van der Waals surface area contributed by atoms with E-state index in [2.05, 4.69) is 20.9 Å². The highest BCUT2D eigenvalue weighted by atomic mass is 35.5. The topological polar surface area (TPSA) is 113 Å². The Morgan fingerprint density at radius 3 is 2.69 bits per heavy atom. The van der Waals surface area contributed by atoms with Crippen molar-refractivity contribution in [3.63, 3.8) is 0 Å². The molecule has 3 aromatic rings. The number of nitrogens with one attached hydrogen (secondary N) is 3. The Balaban J connectivity index is 1.92. The Morgan fingerprint density at radius 2 is 2.00 bits per heavy atom. The Hall–Kier alpha value is -3.52. The molecule has 9 heteroatoms. The summed E-state index contributed by atoms with van der Waals surface area (Å²) in [5.41, 5.74) is 1.02. The highest BCUT2D eigenvalue weighted by Gasteiger charge is 2.15. The molecule has 3 amide bonds. The fourth-order valence-corrected chi connectivity index (χ4v) is 2.89. The smallest absolute Gasteiger partial charge is 0.319 e. The lowest BCUT2D eigenvalue weighted by atomic mass is 10.1. The number of halogens is 1. The van der Waals surface area contributed by atoms with E-state index in [0.29, 0.717) is 39.7 Å². The number of hydrogen-bond acceptors (Lipinski definition) is 5. The van der Waals surface area contributed by atoms with Crippen molar-refractivity contribution in [3.8, 4) is 17.2 Å². The first kappa shape index (κ1) is 20.2. The van der Waals surface area contributed by atoms with Crippen LogP contribution in [-0.4, -0.2) is 35.6 Å². The summed E-state index contributed by atoms with van der Waals surface area (Å²) >= 11 is 6.24. The summed E-state index contributed by atoms with van der Waals surface area (Å²) in [6.45, 7) is 2.31. The summed E-state index contributed by atoms with van der Waals surface area (Å²) in [4.78, 5) is 27.8. The van der Waals surface area contributed by atoms with Crippen LogP contribution in [0.2, 0.25) is 5.02 Å². The van der Waals surface area contributed by atoms with Crippen LogP contribution in [0.15, 0.2) is 42.6 Å². The molecule has 0 bridgehead atoms. The van der Waals surface area contributed by atoms with Crippen molar-refractivity contribution >= 4 is 40.1 Å². The third kappa shape index (κ3) is 4.49. The number of phenols is 1.